The van der Waals surface area contributed by atoms with E-state index in [4.69, 9.17) is 0 Å². The van der Waals surface area contributed by atoms with Gasteiger partial charge in [0.2, 0.25) is 15.9 Å². The number of nitrogens with zero attached hydrogens (tertiary/aromatic N) is 1. The second kappa shape index (κ2) is 11.1. The molecular formula is C23H32N2O3S. The third kappa shape index (κ3) is 6.98. The van der Waals surface area contributed by atoms with Crippen LogP contribution in [0.25, 0.3) is 0 Å². The number of benzene rings is 2. The number of rotatable bonds is 11. The Labute approximate surface area is 175 Å². The topological polar surface area (TPSA) is 66.5 Å². The smallest absolute Gasteiger partial charge is 0.243 e. The van der Waals surface area contributed by atoms with Gasteiger partial charge < -0.3 is 5.32 Å². The van der Waals surface area contributed by atoms with E-state index in [2.05, 4.69) is 17.4 Å². The molecule has 1 atom stereocenters. The van der Waals surface area contributed by atoms with Gasteiger partial charge in [0.1, 0.15) is 0 Å². The molecule has 0 radical (unpaired) electrons. The Hall–Kier alpha value is -2.18. The molecule has 0 aliphatic rings. The van der Waals surface area contributed by atoms with Crippen molar-refractivity contribution in [2.45, 2.75) is 57.4 Å². The predicted molar refractivity (Wildman–Crippen MR) is 117 cm³/mol. The van der Waals surface area contributed by atoms with Crippen LogP contribution in [0.2, 0.25) is 0 Å². The number of nitrogens with one attached hydrogen (secondary N) is 1. The average molecular weight is 417 g/mol. The molecule has 1 N–H and O–H groups in total. The van der Waals surface area contributed by atoms with Crippen LogP contribution in [0.15, 0.2) is 59.5 Å². The monoisotopic (exact) mass is 416 g/mol. The number of carbonyl (C=O) groups is 1. The molecule has 158 valence electrons. The first-order valence-electron chi connectivity index (χ1n) is 10.3. The maximum Gasteiger partial charge on any atom is 0.243 e. The van der Waals surface area contributed by atoms with E-state index >= 15 is 0 Å². The summed E-state index contributed by atoms with van der Waals surface area (Å²) < 4.78 is 26.5. The molecule has 0 spiro atoms. The van der Waals surface area contributed by atoms with E-state index in [1.165, 1.54) is 9.87 Å². The molecule has 0 bridgehead atoms. The zero-order valence-corrected chi connectivity index (χ0v) is 18.4. The SMILES string of the molecule is CCN(CC)S(=O)(=O)c1ccc(CCC(=O)N[C@H](C)CCc2ccccc2)cc1. The summed E-state index contributed by atoms with van der Waals surface area (Å²) >= 11 is 0. The maximum atomic E-state index is 12.5. The molecule has 0 aliphatic heterocycles. The van der Waals surface area contributed by atoms with Crippen molar-refractivity contribution in [1.29, 1.82) is 0 Å². The van der Waals surface area contributed by atoms with Crippen LogP contribution >= 0.6 is 0 Å². The lowest BCUT2D eigenvalue weighted by Gasteiger charge is -2.18. The molecule has 2 rings (SSSR count). The van der Waals surface area contributed by atoms with E-state index in [0.717, 1.165) is 18.4 Å². The largest absolute Gasteiger partial charge is 0.354 e. The molecule has 0 aliphatic carbocycles. The molecular weight excluding hydrogens is 384 g/mol. The van der Waals surface area contributed by atoms with Crippen molar-refractivity contribution in [2.75, 3.05) is 13.1 Å². The van der Waals surface area contributed by atoms with Gasteiger partial charge in [-0.25, -0.2) is 8.42 Å². The van der Waals surface area contributed by atoms with E-state index in [-0.39, 0.29) is 11.9 Å². The first kappa shape index (κ1) is 23.1. The Morgan fingerprint density at radius 1 is 0.931 bits per heavy atom. The van der Waals surface area contributed by atoms with Gasteiger partial charge in [-0.15, -0.1) is 0 Å². The standard InChI is InChI=1S/C23H32N2O3S/c1-4-25(5-2)29(27,28)22-16-13-21(14-17-22)15-18-23(26)24-19(3)11-12-20-9-7-6-8-10-20/h6-10,13-14,16-17,19H,4-5,11-12,15,18H2,1-3H3,(H,24,26)/t19-/m1/s1. The van der Waals surface area contributed by atoms with Crippen LogP contribution in [0.3, 0.4) is 0 Å². The molecule has 2 aromatic carbocycles. The van der Waals surface area contributed by atoms with Crippen molar-refractivity contribution in [3.05, 3.63) is 65.7 Å². The Balaban J connectivity index is 1.81. The summed E-state index contributed by atoms with van der Waals surface area (Å²) in [4.78, 5) is 12.5. The average Bonchev–Trinajstić information content (AvgIpc) is 2.72. The molecule has 0 saturated carbocycles. The minimum Gasteiger partial charge on any atom is -0.354 e. The minimum atomic E-state index is -3.44. The van der Waals surface area contributed by atoms with E-state index < -0.39 is 10.0 Å². The number of amides is 1. The fraction of sp³-hybridized carbons (Fsp3) is 0.435. The summed E-state index contributed by atoms with van der Waals surface area (Å²) in [7, 11) is -3.44. The van der Waals surface area contributed by atoms with Crippen LogP contribution in [-0.2, 0) is 27.7 Å². The number of hydrogen-bond acceptors (Lipinski definition) is 3. The third-order valence-electron chi connectivity index (χ3n) is 5.02. The summed E-state index contributed by atoms with van der Waals surface area (Å²) in [6.45, 7) is 6.57. The van der Waals surface area contributed by atoms with Crippen molar-refractivity contribution < 1.29 is 13.2 Å². The van der Waals surface area contributed by atoms with Crippen LogP contribution in [0.5, 0.6) is 0 Å². The first-order chi connectivity index (χ1) is 13.9. The van der Waals surface area contributed by atoms with E-state index in [9.17, 15) is 13.2 Å². The quantitative estimate of drug-likeness (QED) is 0.606. The van der Waals surface area contributed by atoms with Crippen molar-refractivity contribution in [3.8, 4) is 0 Å². The number of sulfonamides is 1. The van der Waals surface area contributed by atoms with Crippen molar-refractivity contribution in [3.63, 3.8) is 0 Å². The zero-order valence-electron chi connectivity index (χ0n) is 17.6. The Kier molecular flexibility index (Phi) is 8.86. The molecule has 6 heteroatoms. The van der Waals surface area contributed by atoms with Gasteiger partial charge in [-0.05, 0) is 49.4 Å². The molecule has 0 unspecified atom stereocenters. The summed E-state index contributed by atoms with van der Waals surface area (Å²) in [5, 5.41) is 3.04. The van der Waals surface area contributed by atoms with Crippen molar-refractivity contribution >= 4 is 15.9 Å². The highest BCUT2D eigenvalue weighted by Crippen LogP contribution is 2.17. The van der Waals surface area contributed by atoms with Crippen LogP contribution in [0.4, 0.5) is 0 Å². The molecule has 2 aromatic rings. The lowest BCUT2D eigenvalue weighted by Crippen LogP contribution is -2.33. The molecule has 0 fully saturated rings. The second-order valence-corrected chi connectivity index (χ2v) is 9.16. The van der Waals surface area contributed by atoms with Gasteiger partial charge in [0.05, 0.1) is 4.90 Å². The van der Waals surface area contributed by atoms with Gasteiger partial charge in [0.25, 0.3) is 0 Å². The highest BCUT2D eigenvalue weighted by atomic mass is 32.2. The van der Waals surface area contributed by atoms with E-state index in [1.54, 1.807) is 24.3 Å². The van der Waals surface area contributed by atoms with Gasteiger partial charge in [0.15, 0.2) is 0 Å². The van der Waals surface area contributed by atoms with E-state index in [0.29, 0.717) is 30.8 Å². The second-order valence-electron chi connectivity index (χ2n) is 7.23. The van der Waals surface area contributed by atoms with Crippen LogP contribution in [-0.4, -0.2) is 37.8 Å². The summed E-state index contributed by atoms with van der Waals surface area (Å²) in [6, 6.07) is 17.2. The third-order valence-corrected chi connectivity index (χ3v) is 7.09. The van der Waals surface area contributed by atoms with Gasteiger partial charge in [-0.2, -0.15) is 4.31 Å². The fourth-order valence-corrected chi connectivity index (χ4v) is 4.70. The molecule has 0 aromatic heterocycles. The normalized spacial score (nSPS) is 12.7. The molecule has 0 saturated heterocycles. The van der Waals surface area contributed by atoms with Crippen LogP contribution in [0.1, 0.15) is 44.7 Å². The molecule has 1 amide bonds. The van der Waals surface area contributed by atoms with Gasteiger partial charge >= 0.3 is 0 Å². The Morgan fingerprint density at radius 2 is 1.52 bits per heavy atom. The number of hydrogen-bond donors (Lipinski definition) is 1. The fourth-order valence-electron chi connectivity index (χ4n) is 3.25. The number of aryl methyl sites for hydroxylation is 2. The Morgan fingerprint density at radius 3 is 2.10 bits per heavy atom. The summed E-state index contributed by atoms with van der Waals surface area (Å²) in [5.74, 6) is 0.0189. The molecule has 5 nitrogen and oxygen atoms in total. The summed E-state index contributed by atoms with van der Waals surface area (Å²) in [6.07, 6.45) is 2.80. The van der Waals surface area contributed by atoms with Crippen molar-refractivity contribution in [1.82, 2.24) is 9.62 Å². The predicted octanol–water partition coefficient (Wildman–Crippen LogP) is 3.79. The maximum absolute atomic E-state index is 12.5. The zero-order chi connectivity index (χ0) is 21.3. The van der Waals surface area contributed by atoms with Crippen LogP contribution in [0, 0.1) is 0 Å². The highest BCUT2D eigenvalue weighted by Gasteiger charge is 2.21. The summed E-state index contributed by atoms with van der Waals surface area (Å²) in [5.41, 5.74) is 2.23. The van der Waals surface area contributed by atoms with Gasteiger partial charge in [-0.3, -0.25) is 4.79 Å². The minimum absolute atomic E-state index is 0.0189. The van der Waals surface area contributed by atoms with Gasteiger partial charge in [0, 0.05) is 25.6 Å². The van der Waals surface area contributed by atoms with E-state index in [1.807, 2.05) is 39.0 Å². The highest BCUT2D eigenvalue weighted by molar-refractivity contribution is 7.89. The van der Waals surface area contributed by atoms with Gasteiger partial charge in [-0.1, -0.05) is 56.3 Å². The Bertz CT molecular complexity index is 861. The lowest BCUT2D eigenvalue weighted by molar-refractivity contribution is -0.121. The molecule has 0 heterocycles. The lowest BCUT2D eigenvalue weighted by atomic mass is 10.1. The number of carbonyl (C=O) groups excluding carboxylic acids is 1. The molecule has 29 heavy (non-hydrogen) atoms. The first-order valence-corrected chi connectivity index (χ1v) is 11.7. The van der Waals surface area contributed by atoms with Crippen LogP contribution < -0.4 is 5.32 Å². The van der Waals surface area contributed by atoms with Crippen molar-refractivity contribution in [2.24, 2.45) is 0 Å².